The molecule has 0 aliphatic heterocycles. The van der Waals surface area contributed by atoms with Crippen LogP contribution in [0.15, 0.2) is 4.42 Å². The van der Waals surface area contributed by atoms with Crippen molar-refractivity contribution in [2.75, 3.05) is 0 Å². The molecule has 0 saturated carbocycles. The number of carbonyl (C=O) groups is 1. The highest BCUT2D eigenvalue weighted by Gasteiger charge is 2.38. The monoisotopic (exact) mass is 179 g/mol. The van der Waals surface area contributed by atoms with Crippen molar-refractivity contribution in [2.45, 2.75) is 13.1 Å². The minimum Gasteiger partial charge on any atom is -0.429 e. The molecule has 1 aromatic heterocycles. The largest absolute Gasteiger partial charge is 0.451 e. The summed E-state index contributed by atoms with van der Waals surface area (Å²) >= 11 is 0. The predicted octanol–water partition coefficient (Wildman–Crippen LogP) is 1.81. The molecule has 0 bridgehead atoms. The van der Waals surface area contributed by atoms with Crippen LogP contribution < -0.4 is 0 Å². The molecule has 3 nitrogen and oxygen atoms in total. The van der Waals surface area contributed by atoms with E-state index in [1.165, 1.54) is 0 Å². The third-order valence-electron chi connectivity index (χ3n) is 1.17. The van der Waals surface area contributed by atoms with Crippen LogP contribution in [0, 0.1) is 6.92 Å². The second-order valence-electron chi connectivity index (χ2n) is 2.08. The molecule has 0 N–H and O–H groups in total. The number of hydrogen-bond acceptors (Lipinski definition) is 3. The number of aryl methyl sites for hydroxylation is 1. The van der Waals surface area contributed by atoms with Crippen LogP contribution in [0.4, 0.5) is 13.2 Å². The molecule has 66 valence electrons. The Kier molecular flexibility index (Phi) is 1.91. The van der Waals surface area contributed by atoms with E-state index in [0.29, 0.717) is 0 Å². The summed E-state index contributed by atoms with van der Waals surface area (Å²) in [7, 11) is 0. The van der Waals surface area contributed by atoms with Gasteiger partial charge in [0.25, 0.3) is 5.89 Å². The number of rotatable bonds is 1. The Morgan fingerprint density at radius 3 is 2.33 bits per heavy atom. The fourth-order valence-corrected chi connectivity index (χ4v) is 0.731. The standard InChI is InChI=1S/C6H4F3NO2/c1-3-5(6(7,8)9)12-4(2-11)10-3/h2H,1H3. The van der Waals surface area contributed by atoms with E-state index in [4.69, 9.17) is 0 Å². The van der Waals surface area contributed by atoms with E-state index in [0.717, 1.165) is 6.92 Å². The van der Waals surface area contributed by atoms with Crippen molar-refractivity contribution >= 4 is 6.29 Å². The third kappa shape index (κ3) is 1.46. The van der Waals surface area contributed by atoms with Crippen LogP contribution >= 0.6 is 0 Å². The number of aromatic nitrogens is 1. The van der Waals surface area contributed by atoms with Crippen molar-refractivity contribution in [1.29, 1.82) is 0 Å². The lowest BCUT2D eigenvalue weighted by Crippen LogP contribution is -2.04. The van der Waals surface area contributed by atoms with Crippen LogP contribution in [0.1, 0.15) is 22.1 Å². The first-order valence-electron chi connectivity index (χ1n) is 2.95. The molecule has 1 aromatic rings. The summed E-state index contributed by atoms with van der Waals surface area (Å²) in [6.07, 6.45) is -4.46. The molecular formula is C6H4F3NO2. The SMILES string of the molecule is Cc1nc(C=O)oc1C(F)(F)F. The van der Waals surface area contributed by atoms with Crippen LogP contribution in [0.5, 0.6) is 0 Å². The van der Waals surface area contributed by atoms with Crippen LogP contribution in [-0.2, 0) is 6.18 Å². The molecule has 0 atom stereocenters. The van der Waals surface area contributed by atoms with Crippen LogP contribution in [0.3, 0.4) is 0 Å². The Morgan fingerprint density at radius 1 is 1.50 bits per heavy atom. The van der Waals surface area contributed by atoms with Gasteiger partial charge in [0.1, 0.15) is 0 Å². The second-order valence-corrected chi connectivity index (χ2v) is 2.08. The van der Waals surface area contributed by atoms with Gasteiger partial charge in [-0.1, -0.05) is 0 Å². The van der Waals surface area contributed by atoms with Crippen LogP contribution in [-0.4, -0.2) is 11.3 Å². The van der Waals surface area contributed by atoms with Gasteiger partial charge in [-0.15, -0.1) is 0 Å². The summed E-state index contributed by atoms with van der Waals surface area (Å²) in [5.74, 6) is -1.77. The number of aldehydes is 1. The molecule has 0 saturated heterocycles. The maximum absolute atomic E-state index is 11.9. The lowest BCUT2D eigenvalue weighted by atomic mass is 10.4. The van der Waals surface area contributed by atoms with Gasteiger partial charge in [-0.3, -0.25) is 4.79 Å². The highest BCUT2D eigenvalue weighted by atomic mass is 19.4. The average molecular weight is 179 g/mol. The number of hydrogen-bond donors (Lipinski definition) is 0. The van der Waals surface area contributed by atoms with Crippen LogP contribution in [0.25, 0.3) is 0 Å². The van der Waals surface area contributed by atoms with E-state index in [2.05, 4.69) is 9.40 Å². The molecule has 0 radical (unpaired) electrons. The third-order valence-corrected chi connectivity index (χ3v) is 1.17. The second kappa shape index (κ2) is 2.62. The van der Waals surface area contributed by atoms with Gasteiger partial charge < -0.3 is 4.42 Å². The van der Waals surface area contributed by atoms with Gasteiger partial charge in [-0.2, -0.15) is 13.2 Å². The molecule has 12 heavy (non-hydrogen) atoms. The zero-order valence-electron chi connectivity index (χ0n) is 5.97. The first kappa shape index (κ1) is 8.76. The normalized spacial score (nSPS) is 11.7. The number of nitrogens with zero attached hydrogens (tertiary/aromatic N) is 1. The Balaban J connectivity index is 3.16. The van der Waals surface area contributed by atoms with Crippen LogP contribution in [0.2, 0.25) is 0 Å². The number of alkyl halides is 3. The molecule has 0 spiro atoms. The zero-order chi connectivity index (χ0) is 9.35. The number of carbonyl (C=O) groups excluding carboxylic acids is 1. The van der Waals surface area contributed by atoms with Crippen molar-refractivity contribution in [3.63, 3.8) is 0 Å². The van der Waals surface area contributed by atoms with Crippen molar-refractivity contribution in [1.82, 2.24) is 4.98 Å². The number of halogens is 3. The quantitative estimate of drug-likeness (QED) is 0.617. The van der Waals surface area contributed by atoms with E-state index in [1.54, 1.807) is 0 Å². The summed E-state index contributed by atoms with van der Waals surface area (Å²) in [5, 5.41) is 0. The lowest BCUT2D eigenvalue weighted by Gasteiger charge is -2.00. The first-order valence-corrected chi connectivity index (χ1v) is 2.95. The predicted molar refractivity (Wildman–Crippen MR) is 31.6 cm³/mol. The van der Waals surface area contributed by atoms with Gasteiger partial charge in [0.05, 0.1) is 5.69 Å². The maximum Gasteiger partial charge on any atom is 0.451 e. The molecule has 0 fully saturated rings. The molecule has 0 amide bonds. The molecule has 0 aliphatic carbocycles. The van der Waals surface area contributed by atoms with Gasteiger partial charge in [0.15, 0.2) is 0 Å². The Labute approximate surface area is 65.2 Å². The van der Waals surface area contributed by atoms with E-state index in [1.807, 2.05) is 0 Å². The Hall–Kier alpha value is -1.33. The number of oxazole rings is 1. The fourth-order valence-electron chi connectivity index (χ4n) is 0.731. The molecular weight excluding hydrogens is 175 g/mol. The zero-order valence-corrected chi connectivity index (χ0v) is 5.97. The van der Waals surface area contributed by atoms with Crippen molar-refractivity contribution in [3.05, 3.63) is 17.3 Å². The summed E-state index contributed by atoms with van der Waals surface area (Å²) in [4.78, 5) is 13.2. The molecule has 0 aliphatic rings. The minimum absolute atomic E-state index is 0.127. The summed E-state index contributed by atoms with van der Waals surface area (Å²) in [6, 6.07) is 0. The van der Waals surface area contributed by atoms with Gasteiger partial charge in [-0.05, 0) is 6.92 Å². The molecule has 1 rings (SSSR count). The summed E-state index contributed by atoms with van der Waals surface area (Å²) in [5.41, 5.74) is -0.329. The van der Waals surface area contributed by atoms with Crippen molar-refractivity contribution in [3.8, 4) is 0 Å². The average Bonchev–Trinajstić information content (AvgIpc) is 2.29. The van der Waals surface area contributed by atoms with Gasteiger partial charge >= 0.3 is 6.18 Å². The molecule has 0 aromatic carbocycles. The summed E-state index contributed by atoms with van der Waals surface area (Å²) in [6.45, 7) is 1.12. The minimum atomic E-state index is -4.58. The lowest BCUT2D eigenvalue weighted by molar-refractivity contribution is -0.153. The van der Waals surface area contributed by atoms with E-state index < -0.39 is 17.8 Å². The highest BCUT2D eigenvalue weighted by molar-refractivity contribution is 5.67. The van der Waals surface area contributed by atoms with Crippen molar-refractivity contribution < 1.29 is 22.4 Å². The van der Waals surface area contributed by atoms with E-state index in [-0.39, 0.29) is 12.0 Å². The van der Waals surface area contributed by atoms with E-state index >= 15 is 0 Å². The van der Waals surface area contributed by atoms with Gasteiger partial charge in [-0.25, -0.2) is 4.98 Å². The van der Waals surface area contributed by atoms with E-state index in [9.17, 15) is 18.0 Å². The molecule has 1 heterocycles. The Morgan fingerprint density at radius 2 is 2.08 bits per heavy atom. The Bertz CT molecular complexity index is 302. The van der Waals surface area contributed by atoms with Gasteiger partial charge in [0, 0.05) is 0 Å². The highest BCUT2D eigenvalue weighted by Crippen LogP contribution is 2.31. The molecule has 6 heteroatoms. The first-order chi connectivity index (χ1) is 5.45. The molecule has 0 unspecified atom stereocenters. The maximum atomic E-state index is 11.9. The fraction of sp³-hybridized carbons (Fsp3) is 0.333. The topological polar surface area (TPSA) is 43.1 Å². The summed E-state index contributed by atoms with van der Waals surface area (Å²) < 4.78 is 40.0. The smallest absolute Gasteiger partial charge is 0.429 e. The van der Waals surface area contributed by atoms with Crippen molar-refractivity contribution in [2.24, 2.45) is 0 Å². The van der Waals surface area contributed by atoms with Gasteiger partial charge in [0.2, 0.25) is 12.0 Å².